The van der Waals surface area contributed by atoms with Crippen molar-refractivity contribution in [3.05, 3.63) is 95.1 Å². The van der Waals surface area contributed by atoms with Crippen LogP contribution in [-0.2, 0) is 33.9 Å². The Labute approximate surface area is 229 Å². The maximum absolute atomic E-state index is 14.2. The van der Waals surface area contributed by atoms with Gasteiger partial charge in [-0.1, -0.05) is 79.6 Å². The van der Waals surface area contributed by atoms with Crippen molar-refractivity contribution < 1.29 is 28.9 Å². The highest BCUT2D eigenvalue weighted by Gasteiger charge is 2.49. The second-order valence-corrected chi connectivity index (χ2v) is 10.5. The fraction of sp³-hybridized carbons (Fsp3) is 0.375. The summed E-state index contributed by atoms with van der Waals surface area (Å²) >= 11 is 0. The molecule has 7 heteroatoms. The first-order valence-corrected chi connectivity index (χ1v) is 13.5. The van der Waals surface area contributed by atoms with E-state index in [1.807, 2.05) is 72.8 Å². The van der Waals surface area contributed by atoms with Gasteiger partial charge in [0.25, 0.3) is 5.91 Å². The summed E-state index contributed by atoms with van der Waals surface area (Å²) in [5.41, 5.74) is 1.79. The first kappa shape index (κ1) is 26.8. The number of carboxylic acids is 1. The van der Waals surface area contributed by atoms with Crippen LogP contribution in [0.25, 0.3) is 0 Å². The Kier molecular flexibility index (Phi) is 7.89. The molecule has 1 saturated carbocycles. The van der Waals surface area contributed by atoms with Crippen LogP contribution in [0.4, 0.5) is 0 Å². The maximum Gasteiger partial charge on any atom is 0.329 e. The lowest BCUT2D eigenvalue weighted by Crippen LogP contribution is -2.59. The van der Waals surface area contributed by atoms with Crippen molar-refractivity contribution in [1.82, 2.24) is 4.90 Å². The van der Waals surface area contributed by atoms with Crippen LogP contribution >= 0.6 is 0 Å². The van der Waals surface area contributed by atoms with E-state index in [9.17, 15) is 14.7 Å². The van der Waals surface area contributed by atoms with Crippen molar-refractivity contribution in [2.24, 2.45) is 0 Å². The Hall–Kier alpha value is -3.84. The predicted molar refractivity (Wildman–Crippen MR) is 147 cm³/mol. The smallest absolute Gasteiger partial charge is 0.329 e. The first-order valence-electron chi connectivity index (χ1n) is 13.5. The van der Waals surface area contributed by atoms with Gasteiger partial charge in [-0.25, -0.2) is 4.79 Å². The van der Waals surface area contributed by atoms with Crippen LogP contribution in [0.5, 0.6) is 11.5 Å². The molecule has 0 aromatic heterocycles. The molecule has 2 atom stereocenters. The van der Waals surface area contributed by atoms with E-state index in [4.69, 9.17) is 14.2 Å². The fourth-order valence-corrected chi connectivity index (χ4v) is 5.60. The summed E-state index contributed by atoms with van der Waals surface area (Å²) in [5, 5.41) is 10.5. The molecule has 3 aromatic rings. The molecule has 5 rings (SSSR count). The number of rotatable bonds is 9. The minimum atomic E-state index is -1.51. The molecule has 0 unspecified atom stereocenters. The highest BCUT2D eigenvalue weighted by molar-refractivity contribution is 5.90. The topological polar surface area (TPSA) is 85.3 Å². The van der Waals surface area contributed by atoms with E-state index in [0.717, 1.165) is 47.9 Å². The van der Waals surface area contributed by atoms with E-state index < -0.39 is 17.6 Å². The summed E-state index contributed by atoms with van der Waals surface area (Å²) in [7, 11) is 1.57. The molecule has 3 aromatic carbocycles. The van der Waals surface area contributed by atoms with Gasteiger partial charge in [0.15, 0.2) is 17.6 Å². The Bertz CT molecular complexity index is 1300. The maximum atomic E-state index is 14.2. The van der Waals surface area contributed by atoms with E-state index in [1.165, 1.54) is 4.90 Å². The van der Waals surface area contributed by atoms with Gasteiger partial charge in [-0.05, 0) is 42.5 Å². The van der Waals surface area contributed by atoms with Gasteiger partial charge in [-0.15, -0.1) is 0 Å². The molecular formula is C32H35NO6. The number of nitrogens with zero attached hydrogens (tertiary/aromatic N) is 1. The third-order valence-corrected chi connectivity index (χ3v) is 7.90. The van der Waals surface area contributed by atoms with E-state index in [1.54, 1.807) is 14.0 Å². The minimum absolute atomic E-state index is 0.0189. The molecule has 0 radical (unpaired) electrons. The van der Waals surface area contributed by atoms with Crippen LogP contribution in [0.3, 0.4) is 0 Å². The average Bonchev–Trinajstić information content (AvgIpc) is 3.48. The molecule has 0 spiro atoms. The minimum Gasteiger partial charge on any atom is -0.493 e. The number of carbonyl (C=O) groups excluding carboxylic acids is 1. The van der Waals surface area contributed by atoms with Crippen molar-refractivity contribution in [3.63, 3.8) is 0 Å². The fourth-order valence-electron chi connectivity index (χ4n) is 5.60. The van der Waals surface area contributed by atoms with Gasteiger partial charge in [0, 0.05) is 18.5 Å². The highest BCUT2D eigenvalue weighted by atomic mass is 16.5. The molecule has 1 aliphatic carbocycles. The lowest BCUT2D eigenvalue weighted by Gasteiger charge is -2.44. The zero-order chi connectivity index (χ0) is 27.4. The monoisotopic (exact) mass is 529 g/mol. The number of benzene rings is 3. The van der Waals surface area contributed by atoms with Gasteiger partial charge < -0.3 is 24.2 Å². The van der Waals surface area contributed by atoms with Crippen LogP contribution in [0.2, 0.25) is 0 Å². The summed E-state index contributed by atoms with van der Waals surface area (Å²) in [4.78, 5) is 28.5. The Balaban J connectivity index is 1.50. The molecule has 1 heterocycles. The average molecular weight is 530 g/mol. The molecule has 0 bridgehead atoms. The zero-order valence-corrected chi connectivity index (χ0v) is 22.5. The van der Waals surface area contributed by atoms with Gasteiger partial charge in [-0.2, -0.15) is 0 Å². The van der Waals surface area contributed by atoms with E-state index in [0.29, 0.717) is 18.1 Å². The van der Waals surface area contributed by atoms with Crippen LogP contribution in [0, 0.1) is 0 Å². The molecule has 0 saturated heterocycles. The lowest BCUT2D eigenvalue weighted by molar-refractivity contribution is -0.168. The van der Waals surface area contributed by atoms with E-state index in [2.05, 4.69) is 0 Å². The second kappa shape index (κ2) is 11.5. The van der Waals surface area contributed by atoms with Gasteiger partial charge in [0.1, 0.15) is 12.1 Å². The molecule has 1 amide bonds. The predicted octanol–water partition coefficient (Wildman–Crippen LogP) is 5.70. The summed E-state index contributed by atoms with van der Waals surface area (Å²) in [5.74, 6) is -0.374. The quantitative estimate of drug-likeness (QED) is 0.383. The first-order chi connectivity index (χ1) is 18.9. The van der Waals surface area contributed by atoms with E-state index in [-0.39, 0.29) is 25.0 Å². The van der Waals surface area contributed by atoms with Crippen molar-refractivity contribution in [1.29, 1.82) is 0 Å². The molecule has 2 aliphatic rings. The number of aliphatic carboxylic acids is 1. The SMILES string of the molecule is COc1ccc2c(c1OCc1ccccc1)C[C@@](C)(C(=O)O)N(C(=O)[C@H](OC1CCCC1)c1ccccc1)C2. The third kappa shape index (κ3) is 5.50. The van der Waals surface area contributed by atoms with Crippen molar-refractivity contribution >= 4 is 11.9 Å². The number of hydrogen-bond acceptors (Lipinski definition) is 5. The number of amides is 1. The molecule has 7 nitrogen and oxygen atoms in total. The standard InChI is InChI=1S/C32H35NO6/c1-32(31(35)36)19-26-24(17-18-27(37-2)29(26)38-21-22-11-5-3-6-12-22)20-33(32)30(34)28(23-13-7-4-8-14-23)39-25-15-9-10-16-25/h3-8,11-14,17-18,25,28H,9-10,15-16,19-21H2,1-2H3,(H,35,36)/t28-,32+/m1/s1. The van der Waals surface area contributed by atoms with Crippen LogP contribution in [-0.4, -0.2) is 40.6 Å². The second-order valence-electron chi connectivity index (χ2n) is 10.5. The van der Waals surface area contributed by atoms with Gasteiger partial charge >= 0.3 is 5.97 Å². The van der Waals surface area contributed by atoms with Crippen molar-refractivity contribution in [3.8, 4) is 11.5 Å². The highest BCUT2D eigenvalue weighted by Crippen LogP contribution is 2.43. The Morgan fingerprint density at radius 2 is 1.67 bits per heavy atom. The van der Waals surface area contributed by atoms with Gasteiger partial charge in [0.2, 0.25) is 0 Å². The summed E-state index contributed by atoms with van der Waals surface area (Å²) < 4.78 is 18.2. The molecule has 204 valence electrons. The number of ether oxygens (including phenoxy) is 3. The lowest BCUT2D eigenvalue weighted by atomic mass is 9.82. The van der Waals surface area contributed by atoms with E-state index >= 15 is 0 Å². The Morgan fingerprint density at radius 1 is 1.00 bits per heavy atom. The van der Waals surface area contributed by atoms with Crippen LogP contribution < -0.4 is 9.47 Å². The van der Waals surface area contributed by atoms with Crippen LogP contribution in [0.1, 0.15) is 61.0 Å². The molecule has 39 heavy (non-hydrogen) atoms. The number of fused-ring (bicyclic) bond motifs is 1. The molecule has 1 aliphatic heterocycles. The summed E-state index contributed by atoms with van der Waals surface area (Å²) in [6.45, 7) is 2.04. The molecule has 1 N–H and O–H groups in total. The largest absolute Gasteiger partial charge is 0.493 e. The summed E-state index contributed by atoms with van der Waals surface area (Å²) in [6, 6.07) is 22.8. The molecule has 1 fully saturated rings. The Morgan fingerprint density at radius 3 is 2.31 bits per heavy atom. The number of methoxy groups -OCH3 is 1. The van der Waals surface area contributed by atoms with Gasteiger partial charge in [0.05, 0.1) is 13.2 Å². The van der Waals surface area contributed by atoms with Crippen LogP contribution in [0.15, 0.2) is 72.8 Å². The van der Waals surface area contributed by atoms with Crippen molar-refractivity contribution in [2.45, 2.75) is 69.9 Å². The van der Waals surface area contributed by atoms with Gasteiger partial charge in [-0.3, -0.25) is 4.79 Å². The third-order valence-electron chi connectivity index (χ3n) is 7.90. The normalized spacial score (nSPS) is 19.8. The van der Waals surface area contributed by atoms with Crippen molar-refractivity contribution in [2.75, 3.05) is 7.11 Å². The summed E-state index contributed by atoms with van der Waals surface area (Å²) in [6.07, 6.45) is 3.12. The molecular weight excluding hydrogens is 494 g/mol. The zero-order valence-electron chi connectivity index (χ0n) is 22.5. The number of carbonyl (C=O) groups is 2. The number of hydrogen-bond donors (Lipinski definition) is 1. The number of carboxylic acid groups (broad SMARTS) is 1.